The Hall–Kier alpha value is -13.1. The number of thiophene rings is 4. The standard InChI is InChI=1S/C28H32N8O4S2.C26H28N8O3S2.C22H21N7O2S2.C21H25N7O3S2/c1-2-42(37,38)35-19-28(20-35,8-9-29)36-18-21(17-30-36)25-26-24(7-16-41-26)32-27(33-25)31-22-3-5-23(6-4-22)40-15-12-34-10-13-39-14-11-34;1-2-39(35,36)33-17-26(18-33,8-9-27)34-16-19(15-28-34)23-24-22(7-14-38-24)30-25(31-23)29-20-3-5-21(6-4-20)32-10-12-37-13-11-32;1-2-33(30,31)28-14-22(15-28,9-10-23)29-13-16(12-24-29)19-20-18(8-11-32-20)26-21(27-19)25-17-6-4-3-5-7-17;1-2-33(29,30)27-13-21(14-27,6-7-22)28-12-15(11-23-28)18-19-17(5-10-32-19)25-20(26-18)24-16-3-8-31-9-4-16/h3-7,16-18H,2,8,10-15,19-20H2,1H3,(H,31,32,33);3-7,14-16H,2,8,10-13,17-18H2,1H3,(H,29,30,31);3-8,11-13H,2,9,14-15H2,1H3,(H,25,26,27);5,10-12,16H,2-4,6,8-9,13-14H2,1H3,(H,24,25,26). The highest BCUT2D eigenvalue weighted by Crippen LogP contribution is 2.45. The van der Waals surface area contributed by atoms with Crippen LogP contribution in [0.3, 0.4) is 0 Å². The van der Waals surface area contributed by atoms with Gasteiger partial charge >= 0.3 is 0 Å². The predicted molar refractivity (Wildman–Crippen MR) is 564 cm³/mol. The van der Waals surface area contributed by atoms with Crippen LogP contribution in [0.5, 0.6) is 5.75 Å². The van der Waals surface area contributed by atoms with E-state index < -0.39 is 62.2 Å². The van der Waals surface area contributed by atoms with Gasteiger partial charge in [0.05, 0.1) is 188 Å². The molecule has 7 aliphatic heterocycles. The Morgan fingerprint density at radius 2 is 0.687 bits per heavy atom. The molecule has 15 aromatic rings. The number of sulfonamides is 4. The number of morpholine rings is 2. The zero-order chi connectivity index (χ0) is 102. The predicted octanol–water partition coefficient (Wildman–Crippen LogP) is 12.7. The summed E-state index contributed by atoms with van der Waals surface area (Å²) in [5.74, 6) is 2.90. The molecule has 0 atom stereocenters. The lowest BCUT2D eigenvalue weighted by Gasteiger charge is -2.47. The summed E-state index contributed by atoms with van der Waals surface area (Å²) in [4.78, 5) is 42.6. The van der Waals surface area contributed by atoms with Gasteiger partial charge in [-0.05, 0) is 147 Å². The van der Waals surface area contributed by atoms with Gasteiger partial charge in [0.25, 0.3) is 0 Å². The molecule has 0 saturated carbocycles. The average Bonchev–Trinajstić information content (AvgIpc) is 1.72. The van der Waals surface area contributed by atoms with Crippen molar-refractivity contribution in [2.45, 2.75) is 94.4 Å². The van der Waals surface area contributed by atoms with Gasteiger partial charge in [0.2, 0.25) is 63.9 Å². The fourth-order valence-electron chi connectivity index (χ4n) is 18.4. The van der Waals surface area contributed by atoms with Crippen LogP contribution in [0.4, 0.5) is 46.5 Å². The van der Waals surface area contributed by atoms with Crippen LogP contribution in [0.2, 0.25) is 0 Å². The molecule has 22 rings (SSSR count). The lowest BCUT2D eigenvalue weighted by atomic mass is 9.89. The minimum absolute atomic E-state index is 0.0255. The second kappa shape index (κ2) is 43.7. The molecule has 42 nitrogen and oxygen atoms in total. The van der Waals surface area contributed by atoms with E-state index in [1.165, 1.54) is 17.2 Å². The molecule has 0 bridgehead atoms. The van der Waals surface area contributed by atoms with Crippen LogP contribution in [0.1, 0.15) is 66.2 Å². The number of nitrogens with one attached hydrogen (secondary N) is 4. The van der Waals surface area contributed by atoms with E-state index in [1.807, 2.05) is 137 Å². The van der Waals surface area contributed by atoms with Crippen LogP contribution in [-0.2, 0) is 76.5 Å². The van der Waals surface area contributed by atoms with Crippen molar-refractivity contribution in [3.63, 3.8) is 0 Å². The first-order valence-electron chi connectivity index (χ1n) is 48.0. The van der Waals surface area contributed by atoms with Crippen molar-refractivity contribution in [2.24, 2.45) is 0 Å². The van der Waals surface area contributed by atoms with Gasteiger partial charge in [0.15, 0.2) is 0 Å². The van der Waals surface area contributed by atoms with Gasteiger partial charge in [0, 0.05) is 174 Å². The smallest absolute Gasteiger partial charge is 0.228 e. The molecule has 4 N–H and O–H groups in total. The second-order valence-electron chi connectivity index (χ2n) is 36.5. The topological polar surface area (TPSA) is 511 Å². The number of hydrogen-bond acceptors (Lipinski definition) is 38. The monoisotopic (exact) mass is 2140 g/mol. The summed E-state index contributed by atoms with van der Waals surface area (Å²) < 4.78 is 137. The third-order valence-corrected chi connectivity index (χ3v) is 37.7. The highest BCUT2D eigenvalue weighted by molar-refractivity contribution is 7.89. The van der Waals surface area contributed by atoms with Crippen molar-refractivity contribution in [2.75, 3.05) is 181 Å². The van der Waals surface area contributed by atoms with Crippen LogP contribution in [0.25, 0.3) is 85.9 Å². The number of nitrogens with zero attached hydrogens (tertiary/aromatic N) is 26. The molecule has 0 amide bonds. The van der Waals surface area contributed by atoms with E-state index >= 15 is 0 Å². The van der Waals surface area contributed by atoms with Crippen molar-refractivity contribution >= 4 is 173 Å². The van der Waals surface area contributed by atoms with Crippen molar-refractivity contribution in [1.29, 1.82) is 21.0 Å². The summed E-state index contributed by atoms with van der Waals surface area (Å²) in [6.45, 7) is 17.9. The minimum atomic E-state index is -3.33. The number of hydrogen-bond donors (Lipinski definition) is 4. The number of nitriles is 4. The molecule has 7 saturated heterocycles. The molecule has 19 heterocycles. The van der Waals surface area contributed by atoms with Gasteiger partial charge in [-0.15, -0.1) is 45.3 Å². The Morgan fingerprint density at radius 3 is 1.02 bits per heavy atom. The van der Waals surface area contributed by atoms with Gasteiger partial charge in [-0.2, -0.15) is 58.7 Å². The first kappa shape index (κ1) is 102. The highest BCUT2D eigenvalue weighted by Gasteiger charge is 2.54. The first-order chi connectivity index (χ1) is 71.2. The van der Waals surface area contributed by atoms with Gasteiger partial charge < -0.3 is 45.1 Å². The Balaban J connectivity index is 0.000000124. The lowest BCUT2D eigenvalue weighted by Crippen LogP contribution is -2.64. The first-order valence-corrected chi connectivity index (χ1v) is 57.9. The third kappa shape index (κ3) is 22.1. The summed E-state index contributed by atoms with van der Waals surface area (Å²) in [6, 6.07) is 42.5. The molecule has 0 aliphatic carbocycles. The summed E-state index contributed by atoms with van der Waals surface area (Å²) in [6.07, 6.45) is 16.8. The van der Waals surface area contributed by atoms with Crippen LogP contribution in [-0.4, -0.2) is 295 Å². The number of para-hydroxylation sites is 1. The molecule has 12 aromatic heterocycles. The van der Waals surface area contributed by atoms with Gasteiger partial charge in [-0.25, -0.2) is 73.5 Å². The summed E-state index contributed by atoms with van der Waals surface area (Å²) in [7, 11) is -13.3. The van der Waals surface area contributed by atoms with Crippen molar-refractivity contribution in [3.05, 3.63) is 174 Å². The third-order valence-electron chi connectivity index (χ3n) is 27.0. The molecular weight excluding hydrogens is 2030 g/mol. The zero-order valence-electron chi connectivity index (χ0n) is 80.8. The van der Waals surface area contributed by atoms with Crippen molar-refractivity contribution in [1.82, 2.24) is 101 Å². The van der Waals surface area contributed by atoms with Crippen LogP contribution < -0.4 is 30.9 Å². The summed E-state index contributed by atoms with van der Waals surface area (Å²) in [5.41, 5.74) is 10.4. The van der Waals surface area contributed by atoms with E-state index in [4.69, 9.17) is 48.9 Å². The molecule has 0 unspecified atom stereocenters. The number of benzene rings is 3. The highest BCUT2D eigenvalue weighted by atomic mass is 32.2. The number of aromatic nitrogens is 16. The maximum absolute atomic E-state index is 12.3. The molecule has 147 heavy (non-hydrogen) atoms. The molecule has 0 spiro atoms. The molecule has 0 radical (unpaired) electrons. The van der Waals surface area contributed by atoms with Crippen molar-refractivity contribution in [3.8, 4) is 75.1 Å². The Kier molecular flexibility index (Phi) is 30.5. The van der Waals surface area contributed by atoms with Gasteiger partial charge in [-0.1, -0.05) is 18.2 Å². The second-order valence-corrected chi connectivity index (χ2v) is 49.2. The van der Waals surface area contributed by atoms with E-state index in [-0.39, 0.29) is 107 Å². The van der Waals surface area contributed by atoms with E-state index in [0.29, 0.717) is 30.4 Å². The molecule has 50 heteroatoms. The maximum Gasteiger partial charge on any atom is 0.228 e. The van der Waals surface area contributed by atoms with E-state index in [1.54, 1.807) is 117 Å². The van der Waals surface area contributed by atoms with Gasteiger partial charge in [0.1, 0.15) is 34.5 Å². The fraction of sp³-hybridized carbons (Fsp3) is 0.402. The fourth-order valence-corrected chi connectivity index (χ4v) is 26.8. The quantitative estimate of drug-likeness (QED) is 0.0297. The van der Waals surface area contributed by atoms with E-state index in [0.717, 1.165) is 200 Å². The SMILES string of the molecule is CCS(=O)(=O)N1CC(CC#N)(n2cc(-c3nc(NC4CCOCC4)nc4ccsc34)cn2)C1.CCS(=O)(=O)N1CC(CC#N)(n2cc(-c3nc(Nc4ccc(N5CCOCC5)cc4)nc4ccsc34)cn2)C1.CCS(=O)(=O)N1CC(CC#N)(n2cc(-c3nc(Nc4ccc(OCCN5CCOCC5)cc4)nc4ccsc34)cn2)C1.CCS(=O)(=O)N1CC(CC#N)(n2cc(-c3nc(Nc4ccccc4)nc4ccsc34)cn2)C1. The van der Waals surface area contributed by atoms with Crippen molar-refractivity contribution < 1.29 is 52.6 Å². The van der Waals surface area contributed by atoms with E-state index in [2.05, 4.69) is 97.8 Å². The molecule has 7 aliphatic rings. The van der Waals surface area contributed by atoms with Crippen LogP contribution >= 0.6 is 45.3 Å². The van der Waals surface area contributed by atoms with Crippen LogP contribution in [0, 0.1) is 45.3 Å². The number of anilines is 8. The van der Waals surface area contributed by atoms with Gasteiger partial charge in [-0.3, -0.25) is 23.6 Å². The maximum atomic E-state index is 12.3. The zero-order valence-corrected chi connectivity index (χ0v) is 87.4. The minimum Gasteiger partial charge on any atom is -0.492 e. The molecule has 764 valence electrons. The molecule has 7 fully saturated rings. The number of rotatable bonds is 33. The summed E-state index contributed by atoms with van der Waals surface area (Å²) in [5, 5.41) is 77.2. The Morgan fingerprint density at radius 1 is 0.381 bits per heavy atom. The largest absolute Gasteiger partial charge is 0.492 e. The van der Waals surface area contributed by atoms with E-state index in [9.17, 15) is 54.7 Å². The normalized spacial score (nSPS) is 17.5. The average molecular weight is 2140 g/mol. The molecular formula is C97H106N30O12S8. The molecule has 3 aromatic carbocycles. The lowest BCUT2D eigenvalue weighted by molar-refractivity contribution is 0.0322. The number of ether oxygens (including phenoxy) is 4. The Labute approximate surface area is 865 Å². The van der Waals surface area contributed by atoms with Crippen LogP contribution in [0.15, 0.2) is 174 Å². The number of fused-ring (bicyclic) bond motifs is 4. The Bertz CT molecular complexity index is 7900. The summed E-state index contributed by atoms with van der Waals surface area (Å²) >= 11 is 6.20.